The molecule has 0 aliphatic carbocycles. The zero-order chi connectivity index (χ0) is 32.8. The molecule has 2 aromatic carbocycles. The van der Waals surface area contributed by atoms with Gasteiger partial charge in [0.25, 0.3) is 0 Å². The standard InChI is InChI=1S/C32H41F2N7O4/c1-7-44-29(45-8-2)18-40(30(42)38-25-12-9-23(10-13-25)31(4,5)6)26-16-36-41(17-26)22(3)32(43,19-39-21-35-20-37-39)27-14-11-24(33)15-28(27)34/h9-17,20-22,29,43H,7-8,18-19H2,1-6H3,(H,38,42). The van der Waals surface area contributed by atoms with Crippen molar-refractivity contribution in [3.8, 4) is 0 Å². The number of rotatable bonds is 13. The Morgan fingerprint density at radius 3 is 2.33 bits per heavy atom. The normalized spacial score (nSPS) is 13.9. The summed E-state index contributed by atoms with van der Waals surface area (Å²) in [6, 6.07) is 9.22. The number of anilines is 2. The Bertz CT molecular complexity index is 1530. The minimum absolute atomic E-state index is 0.0312. The molecule has 0 fully saturated rings. The largest absolute Gasteiger partial charge is 0.381 e. The van der Waals surface area contributed by atoms with Gasteiger partial charge in [0.1, 0.15) is 29.9 Å². The molecule has 0 saturated carbocycles. The summed E-state index contributed by atoms with van der Waals surface area (Å²) < 4.78 is 43.2. The molecule has 2 heterocycles. The van der Waals surface area contributed by atoms with Crippen LogP contribution >= 0.6 is 0 Å². The van der Waals surface area contributed by atoms with Crippen LogP contribution in [0.25, 0.3) is 0 Å². The van der Waals surface area contributed by atoms with E-state index in [-0.39, 0.29) is 24.1 Å². The van der Waals surface area contributed by atoms with Gasteiger partial charge in [0.05, 0.1) is 31.0 Å². The molecule has 0 spiro atoms. The minimum Gasteiger partial charge on any atom is -0.381 e. The van der Waals surface area contributed by atoms with Crippen LogP contribution in [0.4, 0.5) is 25.0 Å². The summed E-state index contributed by atoms with van der Waals surface area (Å²) in [6.07, 6.45) is 4.97. The van der Waals surface area contributed by atoms with Crippen molar-refractivity contribution in [2.24, 2.45) is 0 Å². The van der Waals surface area contributed by atoms with Gasteiger partial charge in [0.15, 0.2) is 6.29 Å². The lowest BCUT2D eigenvalue weighted by molar-refractivity contribution is -0.128. The first-order valence-electron chi connectivity index (χ1n) is 14.8. The minimum atomic E-state index is -1.95. The van der Waals surface area contributed by atoms with Crippen LogP contribution < -0.4 is 10.2 Å². The number of aliphatic hydroxyl groups is 1. The molecule has 2 N–H and O–H groups in total. The summed E-state index contributed by atoms with van der Waals surface area (Å²) in [6.45, 7) is 12.2. The molecule has 2 unspecified atom stereocenters. The number of ether oxygens (including phenoxy) is 2. The summed E-state index contributed by atoms with van der Waals surface area (Å²) in [5.41, 5.74) is -0.0545. The Morgan fingerprint density at radius 2 is 1.76 bits per heavy atom. The molecule has 0 radical (unpaired) electrons. The predicted molar refractivity (Wildman–Crippen MR) is 166 cm³/mol. The van der Waals surface area contributed by atoms with Gasteiger partial charge in [-0.25, -0.2) is 23.2 Å². The van der Waals surface area contributed by atoms with Crippen LogP contribution in [0.1, 0.15) is 58.7 Å². The van der Waals surface area contributed by atoms with E-state index in [2.05, 4.69) is 41.3 Å². The zero-order valence-electron chi connectivity index (χ0n) is 26.4. The molecule has 2 amide bonds. The van der Waals surface area contributed by atoms with E-state index in [1.807, 2.05) is 38.1 Å². The third kappa shape index (κ3) is 8.10. The van der Waals surface area contributed by atoms with E-state index in [4.69, 9.17) is 9.47 Å². The Labute approximate surface area is 261 Å². The van der Waals surface area contributed by atoms with Gasteiger partial charge in [-0.2, -0.15) is 10.2 Å². The number of carbonyl (C=O) groups excluding carboxylic acids is 1. The lowest BCUT2D eigenvalue weighted by atomic mass is 9.86. The third-order valence-electron chi connectivity index (χ3n) is 7.54. The summed E-state index contributed by atoms with van der Waals surface area (Å²) in [4.78, 5) is 19.1. The molecule has 45 heavy (non-hydrogen) atoms. The van der Waals surface area contributed by atoms with Crippen LogP contribution in [-0.4, -0.2) is 61.7 Å². The second-order valence-electron chi connectivity index (χ2n) is 11.7. The van der Waals surface area contributed by atoms with Crippen LogP contribution in [0.15, 0.2) is 67.5 Å². The molecule has 0 aliphatic heterocycles. The summed E-state index contributed by atoms with van der Waals surface area (Å²) in [5.74, 6) is -1.70. The highest BCUT2D eigenvalue weighted by Gasteiger charge is 2.41. The first kappa shape index (κ1) is 33.7. The van der Waals surface area contributed by atoms with E-state index in [0.29, 0.717) is 30.7 Å². The number of hydrogen-bond donors (Lipinski definition) is 2. The number of halogens is 2. The monoisotopic (exact) mass is 625 g/mol. The van der Waals surface area contributed by atoms with E-state index in [1.54, 1.807) is 13.1 Å². The average Bonchev–Trinajstić information content (AvgIpc) is 3.68. The first-order chi connectivity index (χ1) is 21.3. The Kier molecular flexibility index (Phi) is 10.7. The summed E-state index contributed by atoms with van der Waals surface area (Å²) in [7, 11) is 0. The van der Waals surface area contributed by atoms with Gasteiger partial charge in [0, 0.05) is 36.7 Å². The number of aromatic nitrogens is 5. The third-order valence-corrected chi connectivity index (χ3v) is 7.54. The Hall–Kier alpha value is -4.20. The molecule has 4 aromatic rings. The highest BCUT2D eigenvalue weighted by atomic mass is 19.1. The van der Waals surface area contributed by atoms with E-state index in [9.17, 15) is 14.3 Å². The number of hydrogen-bond acceptors (Lipinski definition) is 7. The van der Waals surface area contributed by atoms with Crippen molar-refractivity contribution in [1.29, 1.82) is 0 Å². The van der Waals surface area contributed by atoms with Crippen molar-refractivity contribution in [1.82, 2.24) is 24.5 Å². The molecule has 13 heteroatoms. The fraction of sp³-hybridized carbons (Fsp3) is 0.438. The van der Waals surface area contributed by atoms with Crippen molar-refractivity contribution in [2.45, 2.75) is 71.4 Å². The maximum Gasteiger partial charge on any atom is 0.326 e. The van der Waals surface area contributed by atoms with E-state index >= 15 is 4.39 Å². The molecule has 0 bridgehead atoms. The lowest BCUT2D eigenvalue weighted by Crippen LogP contribution is -2.42. The fourth-order valence-corrected chi connectivity index (χ4v) is 4.97. The number of urea groups is 1. The van der Waals surface area contributed by atoms with Crippen LogP contribution in [-0.2, 0) is 27.0 Å². The molecule has 2 atom stereocenters. The quantitative estimate of drug-likeness (QED) is 0.185. The van der Waals surface area contributed by atoms with Crippen molar-refractivity contribution in [2.75, 3.05) is 30.0 Å². The average molecular weight is 626 g/mol. The molecule has 242 valence electrons. The maximum atomic E-state index is 15.1. The Morgan fingerprint density at radius 1 is 1.07 bits per heavy atom. The number of benzene rings is 2. The van der Waals surface area contributed by atoms with Crippen LogP contribution in [0.2, 0.25) is 0 Å². The van der Waals surface area contributed by atoms with E-state index in [0.717, 1.165) is 11.6 Å². The number of nitrogens with zero attached hydrogens (tertiary/aromatic N) is 6. The van der Waals surface area contributed by atoms with Crippen molar-refractivity contribution < 1.29 is 28.2 Å². The van der Waals surface area contributed by atoms with Crippen LogP contribution in [0.5, 0.6) is 0 Å². The highest BCUT2D eigenvalue weighted by molar-refractivity contribution is 6.01. The van der Waals surface area contributed by atoms with Gasteiger partial charge in [0.2, 0.25) is 0 Å². The molecule has 4 rings (SSSR count). The number of amides is 2. The van der Waals surface area contributed by atoms with Gasteiger partial charge in [-0.1, -0.05) is 39.0 Å². The molecule has 0 aliphatic rings. The highest BCUT2D eigenvalue weighted by Crippen LogP contribution is 2.37. The second kappa shape index (κ2) is 14.3. The SMILES string of the molecule is CCOC(CN(C(=O)Nc1ccc(C(C)(C)C)cc1)c1cnn(C(C)C(O)(Cn2cncn2)c2ccc(F)cc2F)c1)OCC. The number of carbonyl (C=O) groups is 1. The molecule has 11 nitrogen and oxygen atoms in total. The maximum absolute atomic E-state index is 15.1. The summed E-state index contributed by atoms with van der Waals surface area (Å²) >= 11 is 0. The molecule has 2 aromatic heterocycles. The number of nitrogens with one attached hydrogen (secondary N) is 1. The molecule has 0 saturated heterocycles. The van der Waals surface area contributed by atoms with Crippen LogP contribution in [0.3, 0.4) is 0 Å². The zero-order valence-corrected chi connectivity index (χ0v) is 26.4. The topological polar surface area (TPSA) is 120 Å². The van der Waals surface area contributed by atoms with Gasteiger partial charge in [-0.3, -0.25) is 9.58 Å². The first-order valence-corrected chi connectivity index (χ1v) is 14.8. The molecular weight excluding hydrogens is 584 g/mol. The van der Waals surface area contributed by atoms with Crippen molar-refractivity contribution >= 4 is 17.4 Å². The second-order valence-corrected chi connectivity index (χ2v) is 11.7. The van der Waals surface area contributed by atoms with E-state index < -0.39 is 35.6 Å². The smallest absolute Gasteiger partial charge is 0.326 e. The fourth-order valence-electron chi connectivity index (χ4n) is 4.97. The lowest BCUT2D eigenvalue weighted by Gasteiger charge is -2.35. The van der Waals surface area contributed by atoms with Gasteiger partial charge >= 0.3 is 6.03 Å². The van der Waals surface area contributed by atoms with E-state index in [1.165, 1.54) is 39.2 Å². The Balaban J connectivity index is 1.68. The summed E-state index contributed by atoms with van der Waals surface area (Å²) in [5, 5.41) is 23.5. The van der Waals surface area contributed by atoms with Gasteiger partial charge < -0.3 is 19.9 Å². The van der Waals surface area contributed by atoms with Crippen molar-refractivity contribution in [3.63, 3.8) is 0 Å². The van der Waals surface area contributed by atoms with Crippen LogP contribution in [0, 0.1) is 11.6 Å². The van der Waals surface area contributed by atoms with Gasteiger partial charge in [-0.15, -0.1) is 0 Å². The van der Waals surface area contributed by atoms with Crippen molar-refractivity contribution in [3.05, 3.63) is 90.3 Å². The predicted octanol–water partition coefficient (Wildman–Crippen LogP) is 5.64. The van der Waals surface area contributed by atoms with Gasteiger partial charge in [-0.05, 0) is 49.9 Å². The molecular formula is C32H41F2N7O4.